The van der Waals surface area contributed by atoms with Gasteiger partial charge in [-0.15, -0.1) is 0 Å². The van der Waals surface area contributed by atoms with E-state index in [1.165, 1.54) is 0 Å². The van der Waals surface area contributed by atoms with E-state index in [1.54, 1.807) is 37.3 Å². The predicted molar refractivity (Wildman–Crippen MR) is 114 cm³/mol. The minimum Gasteiger partial charge on any atom is -0.497 e. The van der Waals surface area contributed by atoms with Crippen LogP contribution in [0.25, 0.3) is 0 Å². The van der Waals surface area contributed by atoms with Crippen molar-refractivity contribution < 1.29 is 19.1 Å². The third-order valence-electron chi connectivity index (χ3n) is 5.54. The fourth-order valence-electron chi connectivity index (χ4n) is 3.62. The molecule has 2 unspecified atom stereocenters. The fraction of sp³-hybridized carbons (Fsp3) is 0.391. The Kier molecular flexibility index (Phi) is 6.42. The lowest BCUT2D eigenvalue weighted by molar-refractivity contribution is -0.122. The van der Waals surface area contributed by atoms with Gasteiger partial charge in [0.25, 0.3) is 0 Å². The Morgan fingerprint density at radius 1 is 1.21 bits per heavy atom. The average molecular weight is 396 g/mol. The van der Waals surface area contributed by atoms with E-state index in [2.05, 4.69) is 19.2 Å². The van der Waals surface area contributed by atoms with Crippen molar-refractivity contribution in [3.05, 3.63) is 48.0 Å². The second kappa shape index (κ2) is 8.99. The third-order valence-corrected chi connectivity index (χ3v) is 5.54. The van der Waals surface area contributed by atoms with Crippen LogP contribution in [0.2, 0.25) is 0 Å². The van der Waals surface area contributed by atoms with Crippen LogP contribution in [0.5, 0.6) is 11.5 Å². The molecular weight excluding hydrogens is 368 g/mol. The van der Waals surface area contributed by atoms with Crippen molar-refractivity contribution in [3.63, 3.8) is 0 Å². The fourth-order valence-corrected chi connectivity index (χ4v) is 3.62. The van der Waals surface area contributed by atoms with Crippen molar-refractivity contribution in [1.82, 2.24) is 0 Å². The summed E-state index contributed by atoms with van der Waals surface area (Å²) in [6, 6.07) is 13.1. The lowest BCUT2D eigenvalue weighted by Crippen LogP contribution is -2.28. The molecule has 154 valence electrons. The lowest BCUT2D eigenvalue weighted by Gasteiger charge is -2.20. The molecule has 6 heteroatoms. The van der Waals surface area contributed by atoms with Crippen LogP contribution >= 0.6 is 0 Å². The maximum absolute atomic E-state index is 12.9. The van der Waals surface area contributed by atoms with E-state index >= 15 is 0 Å². The molecule has 2 atom stereocenters. The Labute approximate surface area is 171 Å². The number of anilines is 2. The van der Waals surface area contributed by atoms with E-state index < -0.39 is 5.92 Å². The minimum absolute atomic E-state index is 0.0937. The summed E-state index contributed by atoms with van der Waals surface area (Å²) in [5.41, 5.74) is 2.58. The molecule has 1 N–H and O–H groups in total. The van der Waals surface area contributed by atoms with Gasteiger partial charge >= 0.3 is 0 Å². The molecular formula is C23H28N2O4. The van der Waals surface area contributed by atoms with Gasteiger partial charge in [0.05, 0.1) is 25.8 Å². The molecule has 2 amide bonds. The zero-order valence-electron chi connectivity index (χ0n) is 17.4. The molecule has 2 aromatic carbocycles. The zero-order valence-corrected chi connectivity index (χ0v) is 17.4. The topological polar surface area (TPSA) is 67.9 Å². The molecule has 0 aliphatic carbocycles. The van der Waals surface area contributed by atoms with E-state index in [1.807, 2.05) is 24.3 Å². The number of carbonyl (C=O) groups is 2. The number of carbonyl (C=O) groups excluding carboxylic acids is 2. The van der Waals surface area contributed by atoms with Gasteiger partial charge in [0.1, 0.15) is 11.5 Å². The first kappa shape index (κ1) is 20.7. The molecule has 3 rings (SSSR count). The van der Waals surface area contributed by atoms with Crippen molar-refractivity contribution in [2.24, 2.45) is 5.92 Å². The number of benzene rings is 2. The smallest absolute Gasteiger partial charge is 0.229 e. The van der Waals surface area contributed by atoms with Crippen LogP contribution in [-0.4, -0.2) is 32.6 Å². The molecule has 0 bridgehead atoms. The van der Waals surface area contributed by atoms with Crippen LogP contribution in [0.15, 0.2) is 42.5 Å². The predicted octanol–water partition coefficient (Wildman–Crippen LogP) is 4.21. The number of hydrogen-bond acceptors (Lipinski definition) is 4. The number of amides is 2. The van der Waals surface area contributed by atoms with Crippen LogP contribution in [0.3, 0.4) is 0 Å². The standard InChI is InChI=1S/C23H28N2O4/c1-5-15(2)18-8-6-7-9-19(18)24-23(27)16-12-22(26)25(14-16)20-11-10-17(28-3)13-21(20)29-4/h6-11,13,15-16H,5,12,14H2,1-4H3,(H,24,27). The second-order valence-corrected chi connectivity index (χ2v) is 7.33. The van der Waals surface area contributed by atoms with Crippen LogP contribution in [0, 0.1) is 5.92 Å². The van der Waals surface area contributed by atoms with Gasteiger partial charge in [0.2, 0.25) is 11.8 Å². The molecule has 1 aliphatic rings. The molecule has 1 fully saturated rings. The molecule has 1 heterocycles. The minimum atomic E-state index is -0.417. The molecule has 0 saturated carbocycles. The second-order valence-electron chi connectivity index (χ2n) is 7.33. The van der Waals surface area contributed by atoms with Crippen molar-refractivity contribution in [2.75, 3.05) is 31.0 Å². The number of nitrogens with one attached hydrogen (secondary N) is 1. The van der Waals surface area contributed by atoms with Crippen molar-refractivity contribution in [2.45, 2.75) is 32.6 Å². The van der Waals surface area contributed by atoms with Crippen molar-refractivity contribution >= 4 is 23.2 Å². The SMILES string of the molecule is CCC(C)c1ccccc1NC(=O)C1CC(=O)N(c2ccc(OC)cc2OC)C1. The monoisotopic (exact) mass is 396 g/mol. The maximum Gasteiger partial charge on any atom is 0.229 e. The summed E-state index contributed by atoms with van der Waals surface area (Å²) in [4.78, 5) is 27.2. The Hall–Kier alpha value is -3.02. The average Bonchev–Trinajstić information content (AvgIpc) is 3.14. The number of para-hydroxylation sites is 1. The number of hydrogen-bond donors (Lipinski definition) is 1. The Morgan fingerprint density at radius 2 is 1.97 bits per heavy atom. The summed E-state index contributed by atoms with van der Waals surface area (Å²) < 4.78 is 10.6. The molecule has 0 aromatic heterocycles. The molecule has 6 nitrogen and oxygen atoms in total. The number of rotatable bonds is 7. The third kappa shape index (κ3) is 4.36. The van der Waals surface area contributed by atoms with Crippen molar-refractivity contribution in [3.8, 4) is 11.5 Å². The summed E-state index contributed by atoms with van der Waals surface area (Å²) in [5, 5.41) is 3.04. The van der Waals surface area contributed by atoms with Crippen LogP contribution in [0.4, 0.5) is 11.4 Å². The highest BCUT2D eigenvalue weighted by Gasteiger charge is 2.36. The van der Waals surface area contributed by atoms with E-state index in [9.17, 15) is 9.59 Å². The van der Waals surface area contributed by atoms with Crippen molar-refractivity contribution in [1.29, 1.82) is 0 Å². The van der Waals surface area contributed by atoms with Gasteiger partial charge in [-0.25, -0.2) is 0 Å². The first-order valence-corrected chi connectivity index (χ1v) is 9.90. The Balaban J connectivity index is 1.77. The summed E-state index contributed by atoms with van der Waals surface area (Å²) in [5.74, 6) is 0.887. The van der Waals surface area contributed by atoms with Gasteiger partial charge < -0.3 is 19.7 Å². The molecule has 2 aromatic rings. The number of ether oxygens (including phenoxy) is 2. The first-order chi connectivity index (χ1) is 14.0. The summed E-state index contributed by atoms with van der Waals surface area (Å²) in [6.07, 6.45) is 1.16. The molecule has 0 spiro atoms. The maximum atomic E-state index is 12.9. The zero-order chi connectivity index (χ0) is 21.0. The Bertz CT molecular complexity index is 896. The van der Waals surface area contributed by atoms with Gasteiger partial charge in [-0.05, 0) is 36.1 Å². The normalized spacial score (nSPS) is 17.2. The van der Waals surface area contributed by atoms with Crippen LogP contribution in [0.1, 0.15) is 38.2 Å². The summed E-state index contributed by atoms with van der Waals surface area (Å²) >= 11 is 0. The highest BCUT2D eigenvalue weighted by atomic mass is 16.5. The molecule has 0 radical (unpaired) electrons. The highest BCUT2D eigenvalue weighted by molar-refractivity contribution is 6.04. The van der Waals surface area contributed by atoms with Crippen LogP contribution < -0.4 is 19.7 Å². The van der Waals surface area contributed by atoms with E-state index in [4.69, 9.17) is 9.47 Å². The molecule has 1 aliphatic heterocycles. The van der Waals surface area contributed by atoms with Gasteiger partial charge in [0, 0.05) is 24.7 Å². The van der Waals surface area contributed by atoms with Gasteiger partial charge in [-0.3, -0.25) is 9.59 Å². The van der Waals surface area contributed by atoms with Crippen LogP contribution in [-0.2, 0) is 9.59 Å². The molecule has 1 saturated heterocycles. The largest absolute Gasteiger partial charge is 0.497 e. The quantitative estimate of drug-likeness (QED) is 0.761. The molecule has 29 heavy (non-hydrogen) atoms. The lowest BCUT2D eigenvalue weighted by atomic mass is 9.96. The number of methoxy groups -OCH3 is 2. The van der Waals surface area contributed by atoms with Gasteiger partial charge in [-0.1, -0.05) is 32.0 Å². The summed E-state index contributed by atoms with van der Waals surface area (Å²) in [6.45, 7) is 4.58. The van der Waals surface area contributed by atoms with E-state index in [0.29, 0.717) is 29.6 Å². The van der Waals surface area contributed by atoms with E-state index in [-0.39, 0.29) is 18.2 Å². The number of nitrogens with zero attached hydrogens (tertiary/aromatic N) is 1. The van der Waals surface area contributed by atoms with Gasteiger partial charge in [0.15, 0.2) is 0 Å². The first-order valence-electron chi connectivity index (χ1n) is 9.90. The highest BCUT2D eigenvalue weighted by Crippen LogP contribution is 2.36. The Morgan fingerprint density at radius 3 is 2.66 bits per heavy atom. The van der Waals surface area contributed by atoms with Gasteiger partial charge in [-0.2, -0.15) is 0 Å². The van der Waals surface area contributed by atoms with E-state index in [0.717, 1.165) is 17.7 Å². The summed E-state index contributed by atoms with van der Waals surface area (Å²) in [7, 11) is 3.13.